The molecule has 0 amide bonds. The van der Waals surface area contributed by atoms with Crippen LogP contribution in [-0.4, -0.2) is 45.5 Å². The molecule has 0 aliphatic heterocycles. The molecule has 0 radical (unpaired) electrons. The van der Waals surface area contributed by atoms with E-state index in [1.165, 1.54) is 22.7 Å². The molecule has 0 bridgehead atoms. The summed E-state index contributed by atoms with van der Waals surface area (Å²) in [5, 5.41) is 3.88. The van der Waals surface area contributed by atoms with Gasteiger partial charge in [-0.3, -0.25) is 4.72 Å². The lowest BCUT2D eigenvalue weighted by atomic mass is 10.1. The molecule has 1 aromatic carbocycles. The highest BCUT2D eigenvalue weighted by atomic mass is 32.2. The minimum atomic E-state index is -3.59. The van der Waals surface area contributed by atoms with E-state index in [9.17, 15) is 8.42 Å². The van der Waals surface area contributed by atoms with Crippen LogP contribution in [0.5, 0.6) is 5.75 Å². The van der Waals surface area contributed by atoms with Crippen molar-refractivity contribution in [2.45, 2.75) is 4.21 Å². The molecule has 0 unspecified atom stereocenters. The Kier molecular flexibility index (Phi) is 5.92. The Morgan fingerprint density at radius 2 is 1.96 bits per heavy atom. The number of sulfonamides is 1. The second kappa shape index (κ2) is 8.17. The highest BCUT2D eigenvalue weighted by molar-refractivity contribution is 7.94. The van der Waals surface area contributed by atoms with Gasteiger partial charge in [-0.25, -0.2) is 13.4 Å². The second-order valence-electron chi connectivity index (χ2n) is 5.72. The van der Waals surface area contributed by atoms with E-state index < -0.39 is 10.0 Å². The number of nitrogens with one attached hydrogen (secondary N) is 1. The number of anilines is 1. The first-order chi connectivity index (χ1) is 12.5. The minimum Gasteiger partial charge on any atom is -0.492 e. The number of benzene rings is 1. The molecular formula is C17H19N3O3S3. The molecule has 0 aliphatic rings. The maximum atomic E-state index is 12.3. The Balaban J connectivity index is 1.78. The van der Waals surface area contributed by atoms with Gasteiger partial charge in [-0.1, -0.05) is 18.2 Å². The van der Waals surface area contributed by atoms with Crippen LogP contribution in [0.25, 0.3) is 11.3 Å². The molecule has 9 heteroatoms. The van der Waals surface area contributed by atoms with Crippen LogP contribution in [-0.2, 0) is 10.0 Å². The van der Waals surface area contributed by atoms with Gasteiger partial charge in [0.2, 0.25) is 0 Å². The maximum absolute atomic E-state index is 12.3. The topological polar surface area (TPSA) is 71.5 Å². The van der Waals surface area contributed by atoms with Crippen molar-refractivity contribution in [2.75, 3.05) is 32.0 Å². The third-order valence-corrected chi connectivity index (χ3v) is 7.07. The van der Waals surface area contributed by atoms with Crippen molar-refractivity contribution < 1.29 is 13.2 Å². The molecule has 0 fully saturated rings. The third-order valence-electron chi connectivity index (χ3n) is 3.44. The SMILES string of the molecule is CN(C)CCOc1ccccc1-c1csc(NS(=O)(=O)c2cccs2)n1. The van der Waals surface area contributed by atoms with E-state index in [1.54, 1.807) is 17.5 Å². The molecule has 0 atom stereocenters. The number of nitrogens with zero attached hydrogens (tertiary/aromatic N) is 2. The average Bonchev–Trinajstić information content (AvgIpc) is 3.26. The van der Waals surface area contributed by atoms with E-state index in [0.29, 0.717) is 17.4 Å². The van der Waals surface area contributed by atoms with Crippen LogP contribution in [0.3, 0.4) is 0 Å². The number of thiazole rings is 1. The fourth-order valence-corrected chi connectivity index (χ4v) is 5.12. The highest BCUT2D eigenvalue weighted by Crippen LogP contribution is 2.33. The van der Waals surface area contributed by atoms with Gasteiger partial charge in [-0.15, -0.1) is 22.7 Å². The monoisotopic (exact) mass is 409 g/mol. The van der Waals surface area contributed by atoms with E-state index in [1.807, 2.05) is 48.6 Å². The summed E-state index contributed by atoms with van der Waals surface area (Å²) >= 11 is 2.41. The number of hydrogen-bond donors (Lipinski definition) is 1. The number of para-hydroxylation sites is 1. The minimum absolute atomic E-state index is 0.265. The van der Waals surface area contributed by atoms with Crippen molar-refractivity contribution in [1.82, 2.24) is 9.88 Å². The number of likely N-dealkylation sites (N-methyl/N-ethyl adjacent to an activating group) is 1. The van der Waals surface area contributed by atoms with Gasteiger partial charge >= 0.3 is 0 Å². The summed E-state index contributed by atoms with van der Waals surface area (Å²) in [6, 6.07) is 10.9. The van der Waals surface area contributed by atoms with Crippen LogP contribution in [0.2, 0.25) is 0 Å². The van der Waals surface area contributed by atoms with E-state index in [-0.39, 0.29) is 4.21 Å². The second-order valence-corrected chi connectivity index (χ2v) is 9.44. The standard InChI is InChI=1S/C17H19N3O3S3/c1-20(2)9-10-23-15-7-4-3-6-13(15)14-12-25-17(18-14)19-26(21,22)16-8-5-11-24-16/h3-8,11-12H,9-10H2,1-2H3,(H,18,19). The fraction of sp³-hybridized carbons (Fsp3) is 0.235. The summed E-state index contributed by atoms with van der Waals surface area (Å²) in [4.78, 5) is 6.47. The van der Waals surface area contributed by atoms with E-state index in [2.05, 4.69) is 9.71 Å². The number of rotatable bonds is 8. The molecule has 0 saturated carbocycles. The van der Waals surface area contributed by atoms with E-state index in [0.717, 1.165) is 17.9 Å². The largest absolute Gasteiger partial charge is 0.492 e. The van der Waals surface area contributed by atoms with Crippen molar-refractivity contribution in [3.63, 3.8) is 0 Å². The van der Waals surface area contributed by atoms with Gasteiger partial charge in [-0.05, 0) is 37.7 Å². The summed E-state index contributed by atoms with van der Waals surface area (Å²) in [5.74, 6) is 0.729. The summed E-state index contributed by atoms with van der Waals surface area (Å²) < 4.78 is 33.3. The summed E-state index contributed by atoms with van der Waals surface area (Å²) in [6.07, 6.45) is 0. The van der Waals surface area contributed by atoms with Crippen LogP contribution in [0.4, 0.5) is 5.13 Å². The molecule has 2 aromatic heterocycles. The Morgan fingerprint density at radius 1 is 1.15 bits per heavy atom. The maximum Gasteiger partial charge on any atom is 0.273 e. The zero-order valence-corrected chi connectivity index (χ0v) is 16.8. The number of hydrogen-bond acceptors (Lipinski definition) is 7. The van der Waals surface area contributed by atoms with Crippen LogP contribution in [0, 0.1) is 0 Å². The Labute approximate surface area is 161 Å². The van der Waals surface area contributed by atoms with Gasteiger partial charge in [0.1, 0.15) is 16.6 Å². The van der Waals surface area contributed by atoms with Gasteiger partial charge in [0.05, 0.1) is 5.69 Å². The summed E-state index contributed by atoms with van der Waals surface area (Å²) in [6.45, 7) is 1.36. The molecule has 6 nitrogen and oxygen atoms in total. The van der Waals surface area contributed by atoms with E-state index in [4.69, 9.17) is 4.74 Å². The van der Waals surface area contributed by atoms with Crippen molar-refractivity contribution in [3.05, 3.63) is 47.2 Å². The van der Waals surface area contributed by atoms with Crippen LogP contribution in [0.15, 0.2) is 51.4 Å². The Morgan fingerprint density at radius 3 is 2.69 bits per heavy atom. The Hall–Kier alpha value is -1.94. The quantitative estimate of drug-likeness (QED) is 0.615. The number of ether oxygens (including phenoxy) is 1. The lowest BCUT2D eigenvalue weighted by molar-refractivity contribution is 0.262. The number of thiophene rings is 1. The van der Waals surface area contributed by atoms with Crippen molar-refractivity contribution in [1.29, 1.82) is 0 Å². The lowest BCUT2D eigenvalue weighted by Crippen LogP contribution is -2.19. The third kappa shape index (κ3) is 4.61. The van der Waals surface area contributed by atoms with Crippen LogP contribution >= 0.6 is 22.7 Å². The van der Waals surface area contributed by atoms with Crippen LogP contribution in [0.1, 0.15) is 0 Å². The smallest absolute Gasteiger partial charge is 0.273 e. The van der Waals surface area contributed by atoms with Gasteiger partial charge in [-0.2, -0.15) is 0 Å². The normalized spacial score (nSPS) is 11.7. The zero-order chi connectivity index (χ0) is 18.6. The molecule has 3 aromatic rings. The van der Waals surface area contributed by atoms with Gasteiger partial charge in [0.15, 0.2) is 5.13 Å². The molecular weight excluding hydrogens is 390 g/mol. The molecule has 2 heterocycles. The molecule has 1 N–H and O–H groups in total. The number of aromatic nitrogens is 1. The van der Waals surface area contributed by atoms with Crippen molar-refractivity contribution >= 4 is 37.8 Å². The Bertz CT molecular complexity index is 951. The molecule has 0 spiro atoms. The predicted molar refractivity (Wildman–Crippen MR) is 107 cm³/mol. The van der Waals surface area contributed by atoms with Crippen LogP contribution < -0.4 is 9.46 Å². The van der Waals surface area contributed by atoms with Gasteiger partial charge in [0.25, 0.3) is 10.0 Å². The molecule has 0 aliphatic carbocycles. The first-order valence-corrected chi connectivity index (χ1v) is 11.1. The molecule has 138 valence electrons. The first kappa shape index (κ1) is 18.8. The first-order valence-electron chi connectivity index (χ1n) is 7.84. The zero-order valence-electron chi connectivity index (χ0n) is 14.4. The molecule has 3 rings (SSSR count). The van der Waals surface area contributed by atoms with E-state index >= 15 is 0 Å². The van der Waals surface area contributed by atoms with Gasteiger partial charge < -0.3 is 9.64 Å². The van der Waals surface area contributed by atoms with Gasteiger partial charge in [0, 0.05) is 17.5 Å². The fourth-order valence-electron chi connectivity index (χ4n) is 2.17. The highest BCUT2D eigenvalue weighted by Gasteiger charge is 2.18. The van der Waals surface area contributed by atoms with Crippen molar-refractivity contribution in [3.8, 4) is 17.0 Å². The lowest BCUT2D eigenvalue weighted by Gasteiger charge is -2.13. The summed E-state index contributed by atoms with van der Waals surface area (Å²) in [7, 11) is 0.383. The predicted octanol–water partition coefficient (Wildman–Crippen LogP) is 3.61. The molecule has 26 heavy (non-hydrogen) atoms. The van der Waals surface area contributed by atoms with Crippen molar-refractivity contribution in [2.24, 2.45) is 0 Å². The summed E-state index contributed by atoms with van der Waals surface area (Å²) in [5.41, 5.74) is 1.52. The molecule has 0 saturated heterocycles. The average molecular weight is 410 g/mol.